The van der Waals surface area contributed by atoms with Crippen molar-refractivity contribution in [2.45, 2.75) is 0 Å². The Balaban J connectivity index is 2.85. The molecule has 0 bridgehead atoms. The van der Waals surface area contributed by atoms with Crippen LogP contribution in [0.5, 0.6) is 0 Å². The summed E-state index contributed by atoms with van der Waals surface area (Å²) in [5.41, 5.74) is 0.924. The fourth-order valence-corrected chi connectivity index (χ4v) is 0.815. The molecule has 59 valence electrons. The van der Waals surface area contributed by atoms with E-state index in [1.165, 1.54) is 19.4 Å². The first-order valence-corrected chi connectivity index (χ1v) is 3.36. The van der Waals surface area contributed by atoms with Crippen molar-refractivity contribution in [3.63, 3.8) is 0 Å². The largest absolute Gasteiger partial charge is 0.478 e. The first kappa shape index (κ1) is 8.52. The van der Waals surface area contributed by atoms with Crippen LogP contribution in [0, 0.1) is 0 Å². The molecule has 0 aliphatic carbocycles. The molecule has 0 saturated heterocycles. The molecular weight excluding hydrogens is 155 g/mol. The van der Waals surface area contributed by atoms with E-state index in [0.29, 0.717) is 11.6 Å². The molecule has 0 fully saturated rings. The molecule has 0 spiro atoms. The van der Waals surface area contributed by atoms with Crippen LogP contribution >= 0.6 is 0 Å². The van der Waals surface area contributed by atoms with E-state index in [4.69, 9.17) is 5.11 Å². The maximum absolute atomic E-state index is 10.4. The zero-order valence-corrected chi connectivity index (χ0v) is 6.23. The molecule has 1 radical (unpaired) electrons. The highest BCUT2D eigenvalue weighted by Gasteiger charge is 2.01. The van der Waals surface area contributed by atoms with E-state index in [0.717, 1.165) is 0 Å². The van der Waals surface area contributed by atoms with Gasteiger partial charge in [0.25, 0.3) is 0 Å². The van der Waals surface area contributed by atoms with Crippen molar-refractivity contribution >= 4 is 24.9 Å². The summed E-state index contributed by atoms with van der Waals surface area (Å²) in [5.74, 6) is -0.965. The minimum Gasteiger partial charge on any atom is -0.478 e. The molecule has 0 amide bonds. The Morgan fingerprint density at radius 3 is 2.33 bits per heavy atom. The van der Waals surface area contributed by atoms with Gasteiger partial charge in [-0.05, 0) is 12.1 Å². The minimum absolute atomic E-state index is 0.220. The lowest BCUT2D eigenvalue weighted by molar-refractivity contribution is 0.0697. The third kappa shape index (κ3) is 1.95. The van der Waals surface area contributed by atoms with Crippen LogP contribution in [-0.4, -0.2) is 24.5 Å². The smallest absolute Gasteiger partial charge is 0.335 e. The Kier molecular flexibility index (Phi) is 2.64. The zero-order valence-electron chi connectivity index (χ0n) is 6.23. The number of carbonyl (C=O) groups is 2. The van der Waals surface area contributed by atoms with Crippen molar-refractivity contribution < 1.29 is 14.7 Å². The molecule has 3 nitrogen and oxygen atoms in total. The number of rotatable bonds is 3. The summed E-state index contributed by atoms with van der Waals surface area (Å²) >= 11 is 0. The van der Waals surface area contributed by atoms with Crippen LogP contribution in [0.15, 0.2) is 24.3 Å². The average Bonchev–Trinajstić information content (AvgIpc) is 2.06. The Labute approximate surface area is 70.3 Å². The highest BCUT2D eigenvalue weighted by molar-refractivity contribution is 6.78. The molecule has 0 heterocycles. The Hall–Kier alpha value is -1.58. The van der Waals surface area contributed by atoms with Gasteiger partial charge < -0.3 is 9.90 Å². The minimum atomic E-state index is -0.965. The van der Waals surface area contributed by atoms with Crippen LogP contribution in [-0.2, 0) is 4.79 Å². The molecule has 1 aromatic carbocycles. The van der Waals surface area contributed by atoms with E-state index in [2.05, 4.69) is 0 Å². The number of hydrogen-bond donors (Lipinski definition) is 1. The Morgan fingerprint density at radius 1 is 1.33 bits per heavy atom. The number of benzene rings is 1. The lowest BCUT2D eigenvalue weighted by Gasteiger charge is -1.95. The Bertz CT molecular complexity index is 292. The normalized spacial score (nSPS) is 9.00. The van der Waals surface area contributed by atoms with Crippen molar-refractivity contribution in [3.8, 4) is 0 Å². The number of aromatic carboxylic acids is 1. The van der Waals surface area contributed by atoms with Crippen molar-refractivity contribution in [2.75, 3.05) is 0 Å². The SMILES string of the molecule is O=C[B]c1ccc(C(=O)O)cc1. The quantitative estimate of drug-likeness (QED) is 0.497. The maximum atomic E-state index is 10.4. The fraction of sp³-hybridized carbons (Fsp3) is 0. The molecule has 1 N–H and O–H groups in total. The van der Waals surface area contributed by atoms with Gasteiger partial charge in [0.1, 0.15) is 0 Å². The molecule has 4 heteroatoms. The van der Waals surface area contributed by atoms with E-state index < -0.39 is 5.97 Å². The van der Waals surface area contributed by atoms with Crippen LogP contribution in [0.2, 0.25) is 0 Å². The molecule has 0 aromatic heterocycles. The van der Waals surface area contributed by atoms with Gasteiger partial charge in [-0.15, -0.1) is 0 Å². The molecule has 0 unspecified atom stereocenters. The topological polar surface area (TPSA) is 54.4 Å². The van der Waals surface area contributed by atoms with E-state index in [1.54, 1.807) is 12.1 Å². The number of carbonyl (C=O) groups excluding carboxylic acids is 1. The van der Waals surface area contributed by atoms with Crippen molar-refractivity contribution in [1.82, 2.24) is 0 Å². The van der Waals surface area contributed by atoms with Crippen LogP contribution in [0.3, 0.4) is 0 Å². The zero-order chi connectivity index (χ0) is 8.97. The van der Waals surface area contributed by atoms with Crippen molar-refractivity contribution in [2.24, 2.45) is 0 Å². The fourth-order valence-electron chi connectivity index (χ4n) is 0.815. The van der Waals surface area contributed by atoms with Crippen molar-refractivity contribution in [1.29, 1.82) is 0 Å². The molecule has 0 saturated carbocycles. The molecule has 0 atom stereocenters. The lowest BCUT2D eigenvalue weighted by Crippen LogP contribution is -2.15. The summed E-state index contributed by atoms with van der Waals surface area (Å²) in [6.07, 6.45) is 0.662. The summed E-state index contributed by atoms with van der Waals surface area (Å²) in [6, 6.07) is 6.07. The van der Waals surface area contributed by atoms with Gasteiger partial charge in [-0.2, -0.15) is 0 Å². The van der Waals surface area contributed by atoms with E-state index in [-0.39, 0.29) is 5.56 Å². The van der Waals surface area contributed by atoms with Gasteiger partial charge in [-0.3, -0.25) is 0 Å². The van der Waals surface area contributed by atoms with Gasteiger partial charge >= 0.3 is 5.97 Å². The highest BCUT2D eigenvalue weighted by Crippen LogP contribution is 1.95. The number of hydrogen-bond acceptors (Lipinski definition) is 2. The summed E-state index contributed by atoms with van der Waals surface area (Å²) in [6.45, 7) is 0. The molecule has 1 aromatic rings. The molecule has 12 heavy (non-hydrogen) atoms. The van der Waals surface area contributed by atoms with Gasteiger partial charge in [0, 0.05) is 0 Å². The standard InChI is InChI=1S/C8H6BO3/c10-5-9-7-3-1-6(2-4-7)8(11)12/h1-5H,(H,11,12). The second-order valence-electron chi connectivity index (χ2n) is 2.23. The van der Waals surface area contributed by atoms with Gasteiger partial charge in [0.15, 0.2) is 0 Å². The highest BCUT2D eigenvalue weighted by atomic mass is 16.4. The monoisotopic (exact) mass is 161 g/mol. The van der Waals surface area contributed by atoms with Crippen LogP contribution in [0.4, 0.5) is 0 Å². The van der Waals surface area contributed by atoms with Crippen LogP contribution in [0.25, 0.3) is 0 Å². The first-order chi connectivity index (χ1) is 5.74. The molecule has 1 rings (SSSR count). The molecular formula is C8H6BO3. The summed E-state index contributed by atoms with van der Waals surface area (Å²) < 4.78 is 0. The third-order valence-electron chi connectivity index (χ3n) is 1.42. The molecule has 0 aliphatic rings. The lowest BCUT2D eigenvalue weighted by atomic mass is 9.72. The first-order valence-electron chi connectivity index (χ1n) is 3.36. The molecule has 0 aliphatic heterocycles. The van der Waals surface area contributed by atoms with Crippen LogP contribution < -0.4 is 5.46 Å². The third-order valence-corrected chi connectivity index (χ3v) is 1.42. The van der Waals surface area contributed by atoms with Gasteiger partial charge in [-0.25, -0.2) is 4.79 Å². The maximum Gasteiger partial charge on any atom is 0.335 e. The van der Waals surface area contributed by atoms with Gasteiger partial charge in [0.2, 0.25) is 7.28 Å². The predicted molar refractivity (Wildman–Crippen MR) is 45.5 cm³/mol. The number of carboxylic acid groups (broad SMARTS) is 1. The van der Waals surface area contributed by atoms with Crippen LogP contribution in [0.1, 0.15) is 10.4 Å². The van der Waals surface area contributed by atoms with Gasteiger partial charge in [0.05, 0.1) is 11.7 Å². The summed E-state index contributed by atoms with van der Waals surface area (Å²) in [7, 11) is 1.37. The van der Waals surface area contributed by atoms with E-state index in [1.807, 2.05) is 0 Å². The van der Waals surface area contributed by atoms with Gasteiger partial charge in [-0.1, -0.05) is 17.6 Å². The Morgan fingerprint density at radius 2 is 1.92 bits per heavy atom. The predicted octanol–water partition coefficient (Wildman–Crippen LogP) is -0.0955. The average molecular weight is 161 g/mol. The van der Waals surface area contributed by atoms with Crippen molar-refractivity contribution in [3.05, 3.63) is 29.8 Å². The second kappa shape index (κ2) is 3.71. The van der Waals surface area contributed by atoms with E-state index >= 15 is 0 Å². The summed E-state index contributed by atoms with van der Waals surface area (Å²) in [5, 5.41) is 8.53. The van der Waals surface area contributed by atoms with E-state index in [9.17, 15) is 9.59 Å². The number of carboxylic acids is 1. The summed E-state index contributed by atoms with van der Waals surface area (Å²) in [4.78, 5) is 20.4. The second-order valence-corrected chi connectivity index (χ2v) is 2.23.